The van der Waals surface area contributed by atoms with E-state index in [9.17, 15) is 0 Å². The number of nitrogens with one attached hydrogen (secondary N) is 1. The van der Waals surface area contributed by atoms with Crippen LogP contribution < -0.4 is 14.8 Å². The highest BCUT2D eigenvalue weighted by atomic mass is 79.9. The Morgan fingerprint density at radius 2 is 2.05 bits per heavy atom. The van der Waals surface area contributed by atoms with Crippen molar-refractivity contribution >= 4 is 15.9 Å². The highest BCUT2D eigenvalue weighted by Gasteiger charge is 2.34. The molecular weight excluding hydrogens is 306 g/mol. The van der Waals surface area contributed by atoms with E-state index < -0.39 is 0 Å². The largest absolute Gasteiger partial charge is 0.495 e. The topological polar surface area (TPSA) is 30.5 Å². The molecule has 0 spiro atoms. The molecule has 0 saturated heterocycles. The Labute approximate surface area is 123 Å². The summed E-state index contributed by atoms with van der Waals surface area (Å²) in [4.78, 5) is 0. The normalized spacial score (nSPS) is 21.9. The van der Waals surface area contributed by atoms with Gasteiger partial charge < -0.3 is 14.8 Å². The van der Waals surface area contributed by atoms with Crippen molar-refractivity contribution in [1.82, 2.24) is 5.32 Å². The first-order chi connectivity index (χ1) is 9.22. The van der Waals surface area contributed by atoms with Crippen LogP contribution in [0.1, 0.15) is 31.2 Å². The van der Waals surface area contributed by atoms with Crippen molar-refractivity contribution in [3.05, 3.63) is 22.2 Å². The Morgan fingerprint density at radius 1 is 1.26 bits per heavy atom. The van der Waals surface area contributed by atoms with Gasteiger partial charge in [0.05, 0.1) is 14.2 Å². The average Bonchev–Trinajstić information content (AvgIpc) is 2.38. The molecule has 106 valence electrons. The summed E-state index contributed by atoms with van der Waals surface area (Å²) in [5, 5.41) is 3.45. The van der Waals surface area contributed by atoms with E-state index in [2.05, 4.69) is 34.2 Å². The van der Waals surface area contributed by atoms with Gasteiger partial charge in [0.15, 0.2) is 0 Å². The minimum atomic E-state index is 0.594. The summed E-state index contributed by atoms with van der Waals surface area (Å²) in [5.41, 5.74) is 1.30. The molecule has 0 radical (unpaired) electrons. The van der Waals surface area contributed by atoms with Gasteiger partial charge in [-0.3, -0.25) is 0 Å². The van der Waals surface area contributed by atoms with Crippen LogP contribution in [0.5, 0.6) is 11.5 Å². The number of hydrogen-bond acceptors (Lipinski definition) is 3. The smallest absolute Gasteiger partial charge is 0.140 e. The minimum Gasteiger partial charge on any atom is -0.495 e. The second-order valence-electron chi connectivity index (χ2n) is 4.96. The van der Waals surface area contributed by atoms with Gasteiger partial charge in [0, 0.05) is 0 Å². The van der Waals surface area contributed by atoms with Gasteiger partial charge in [-0.2, -0.15) is 0 Å². The molecule has 2 atom stereocenters. The summed E-state index contributed by atoms with van der Waals surface area (Å²) >= 11 is 3.58. The van der Waals surface area contributed by atoms with Crippen molar-refractivity contribution in [3.63, 3.8) is 0 Å². The first-order valence-electron chi connectivity index (χ1n) is 6.84. The molecule has 2 unspecified atom stereocenters. The SMILES string of the molecule is CCNCC1CCC1c1ccc(OC)c(Br)c1OC. The molecule has 1 aliphatic rings. The Bertz CT molecular complexity index is 436. The van der Waals surface area contributed by atoms with Crippen molar-refractivity contribution in [1.29, 1.82) is 0 Å². The molecule has 0 heterocycles. The lowest BCUT2D eigenvalue weighted by atomic mass is 9.69. The molecule has 0 aromatic heterocycles. The van der Waals surface area contributed by atoms with Crippen LogP contribution in [-0.2, 0) is 0 Å². The van der Waals surface area contributed by atoms with Crippen molar-refractivity contribution in [3.8, 4) is 11.5 Å². The molecule has 0 aliphatic heterocycles. The van der Waals surface area contributed by atoms with Gasteiger partial charge in [0.1, 0.15) is 16.0 Å². The molecule has 1 aromatic rings. The van der Waals surface area contributed by atoms with Crippen LogP contribution >= 0.6 is 15.9 Å². The molecule has 2 rings (SSSR count). The fourth-order valence-electron chi connectivity index (χ4n) is 2.76. The van der Waals surface area contributed by atoms with Crippen LogP contribution in [-0.4, -0.2) is 27.3 Å². The third-order valence-electron chi connectivity index (χ3n) is 3.99. The fourth-order valence-corrected chi connectivity index (χ4v) is 3.45. The Kier molecular flexibility index (Phi) is 5.11. The molecule has 0 amide bonds. The van der Waals surface area contributed by atoms with E-state index >= 15 is 0 Å². The first-order valence-corrected chi connectivity index (χ1v) is 7.63. The molecule has 19 heavy (non-hydrogen) atoms. The molecule has 1 aliphatic carbocycles. The number of rotatable bonds is 6. The monoisotopic (exact) mass is 327 g/mol. The van der Waals surface area contributed by atoms with Crippen LogP contribution in [0.25, 0.3) is 0 Å². The minimum absolute atomic E-state index is 0.594. The van der Waals surface area contributed by atoms with E-state index in [1.807, 2.05) is 6.07 Å². The van der Waals surface area contributed by atoms with E-state index in [1.165, 1.54) is 18.4 Å². The Morgan fingerprint density at radius 3 is 2.58 bits per heavy atom. The molecule has 1 N–H and O–H groups in total. The Balaban J connectivity index is 2.22. The van der Waals surface area contributed by atoms with Crippen molar-refractivity contribution in [2.24, 2.45) is 5.92 Å². The zero-order valence-corrected chi connectivity index (χ0v) is 13.4. The molecular formula is C15H22BrNO2. The second-order valence-corrected chi connectivity index (χ2v) is 5.75. The first kappa shape index (κ1) is 14.7. The molecule has 0 bridgehead atoms. The third kappa shape index (κ3) is 2.90. The molecule has 4 heteroatoms. The van der Waals surface area contributed by atoms with Gasteiger partial charge in [0.25, 0.3) is 0 Å². The van der Waals surface area contributed by atoms with Gasteiger partial charge in [-0.25, -0.2) is 0 Å². The number of ether oxygens (including phenoxy) is 2. The van der Waals surface area contributed by atoms with Crippen molar-refractivity contribution in [2.75, 3.05) is 27.3 Å². The van der Waals surface area contributed by atoms with E-state index in [4.69, 9.17) is 9.47 Å². The number of halogens is 1. The summed E-state index contributed by atoms with van der Waals surface area (Å²) < 4.78 is 11.8. The standard InChI is InChI=1S/C15H22BrNO2/c1-4-17-9-10-5-6-11(10)12-7-8-13(18-2)14(16)15(12)19-3/h7-8,10-11,17H,4-6,9H2,1-3H3. The van der Waals surface area contributed by atoms with E-state index in [-0.39, 0.29) is 0 Å². The third-order valence-corrected chi connectivity index (χ3v) is 4.74. The quantitative estimate of drug-likeness (QED) is 0.866. The summed E-state index contributed by atoms with van der Waals surface area (Å²) in [6, 6.07) is 4.16. The lowest BCUT2D eigenvalue weighted by molar-refractivity contribution is 0.240. The second kappa shape index (κ2) is 6.62. The maximum atomic E-state index is 5.58. The fraction of sp³-hybridized carbons (Fsp3) is 0.600. The van der Waals surface area contributed by atoms with Crippen LogP contribution in [0.3, 0.4) is 0 Å². The summed E-state index contributed by atoms with van der Waals surface area (Å²) in [5.74, 6) is 3.05. The van der Waals surface area contributed by atoms with Crippen LogP contribution in [0.4, 0.5) is 0 Å². The maximum Gasteiger partial charge on any atom is 0.140 e. The molecule has 1 fully saturated rings. The van der Waals surface area contributed by atoms with Gasteiger partial charge >= 0.3 is 0 Å². The molecule has 1 saturated carbocycles. The highest BCUT2D eigenvalue weighted by molar-refractivity contribution is 9.10. The predicted molar refractivity (Wildman–Crippen MR) is 81.3 cm³/mol. The summed E-state index contributed by atoms with van der Waals surface area (Å²) in [7, 11) is 3.40. The molecule has 3 nitrogen and oxygen atoms in total. The lowest BCUT2D eigenvalue weighted by Gasteiger charge is -2.38. The molecule has 1 aromatic carbocycles. The van der Waals surface area contributed by atoms with Crippen molar-refractivity contribution in [2.45, 2.75) is 25.7 Å². The van der Waals surface area contributed by atoms with E-state index in [0.717, 1.165) is 29.1 Å². The van der Waals surface area contributed by atoms with E-state index in [0.29, 0.717) is 11.8 Å². The zero-order valence-electron chi connectivity index (χ0n) is 11.8. The van der Waals surface area contributed by atoms with Gasteiger partial charge in [-0.1, -0.05) is 13.0 Å². The predicted octanol–water partition coefficient (Wildman–Crippen LogP) is 3.57. The van der Waals surface area contributed by atoms with Crippen LogP contribution in [0, 0.1) is 5.92 Å². The van der Waals surface area contributed by atoms with Gasteiger partial charge in [-0.05, 0) is 65.3 Å². The summed E-state index contributed by atoms with van der Waals surface area (Å²) in [6.07, 6.45) is 2.54. The number of benzene rings is 1. The highest BCUT2D eigenvalue weighted by Crippen LogP contribution is 2.49. The number of hydrogen-bond donors (Lipinski definition) is 1. The van der Waals surface area contributed by atoms with Crippen LogP contribution in [0.15, 0.2) is 16.6 Å². The number of methoxy groups -OCH3 is 2. The zero-order chi connectivity index (χ0) is 13.8. The lowest BCUT2D eigenvalue weighted by Crippen LogP contribution is -2.34. The van der Waals surface area contributed by atoms with Crippen molar-refractivity contribution < 1.29 is 9.47 Å². The summed E-state index contributed by atoms with van der Waals surface area (Å²) in [6.45, 7) is 4.28. The van der Waals surface area contributed by atoms with E-state index in [1.54, 1.807) is 14.2 Å². The van der Waals surface area contributed by atoms with Crippen LogP contribution in [0.2, 0.25) is 0 Å². The average molecular weight is 328 g/mol. The van der Waals surface area contributed by atoms with Gasteiger partial charge in [0.2, 0.25) is 0 Å². The maximum absolute atomic E-state index is 5.58. The Hall–Kier alpha value is -0.740. The van der Waals surface area contributed by atoms with Gasteiger partial charge in [-0.15, -0.1) is 0 Å².